The number of carbonyl (C=O) groups is 1. The van der Waals surface area contributed by atoms with Gasteiger partial charge in [-0.05, 0) is 48.5 Å². The first-order valence-electron chi connectivity index (χ1n) is 10.7. The van der Waals surface area contributed by atoms with Crippen LogP contribution in [0, 0.1) is 5.82 Å². The number of para-hydroxylation sites is 1. The van der Waals surface area contributed by atoms with E-state index in [9.17, 15) is 17.6 Å². The molecule has 1 aromatic heterocycles. The van der Waals surface area contributed by atoms with Crippen LogP contribution in [0.2, 0.25) is 5.02 Å². The van der Waals surface area contributed by atoms with Gasteiger partial charge in [-0.2, -0.15) is 0 Å². The highest BCUT2D eigenvalue weighted by atomic mass is 35.5. The minimum Gasteiger partial charge on any atom is -0.362 e. The molecule has 1 saturated heterocycles. The predicted molar refractivity (Wildman–Crippen MR) is 134 cm³/mol. The maximum atomic E-state index is 14.8. The standard InChI is InChI=1S/C25H19ClFN3O4S/c26-21-9-6-17(13-20(21)24-10-5-16-3-1-2-4-23(16)29-24)28-25(31)19-8-7-18(14-22(19)27)30-11-12-34-15-35(30,32)33/h1-10,13-14H,11-12,15H2,(H,28,31). The van der Waals surface area contributed by atoms with E-state index in [2.05, 4.69) is 10.3 Å². The Bertz CT molecular complexity index is 1560. The molecule has 0 saturated carbocycles. The second kappa shape index (κ2) is 9.26. The quantitative estimate of drug-likeness (QED) is 0.413. The SMILES string of the molecule is O=C(Nc1ccc(Cl)c(-c2ccc3ccccc3n2)c1)c1ccc(N2CCOCS2(=O)=O)cc1F. The van der Waals surface area contributed by atoms with E-state index in [1.165, 1.54) is 12.1 Å². The average molecular weight is 512 g/mol. The molecule has 4 aromatic rings. The Balaban J connectivity index is 1.40. The highest BCUT2D eigenvalue weighted by molar-refractivity contribution is 7.92. The molecular weight excluding hydrogens is 493 g/mol. The van der Waals surface area contributed by atoms with Gasteiger partial charge in [-0.3, -0.25) is 9.10 Å². The van der Waals surface area contributed by atoms with Gasteiger partial charge in [0.15, 0.2) is 5.94 Å². The molecule has 10 heteroatoms. The molecule has 1 aliphatic rings. The van der Waals surface area contributed by atoms with Gasteiger partial charge in [-0.25, -0.2) is 17.8 Å². The molecule has 35 heavy (non-hydrogen) atoms. The van der Waals surface area contributed by atoms with Gasteiger partial charge in [0, 0.05) is 16.6 Å². The molecule has 1 N–H and O–H groups in total. The molecule has 0 spiro atoms. The number of pyridine rings is 1. The number of anilines is 2. The number of amides is 1. The van der Waals surface area contributed by atoms with Gasteiger partial charge in [0.2, 0.25) is 0 Å². The van der Waals surface area contributed by atoms with Gasteiger partial charge in [0.25, 0.3) is 15.9 Å². The topological polar surface area (TPSA) is 88.6 Å². The molecule has 0 atom stereocenters. The number of hydrogen-bond acceptors (Lipinski definition) is 5. The number of aromatic nitrogens is 1. The monoisotopic (exact) mass is 511 g/mol. The van der Waals surface area contributed by atoms with Crippen LogP contribution in [0.1, 0.15) is 10.4 Å². The van der Waals surface area contributed by atoms with Crippen molar-refractivity contribution in [1.29, 1.82) is 0 Å². The van der Waals surface area contributed by atoms with Gasteiger partial charge in [-0.1, -0.05) is 35.9 Å². The summed E-state index contributed by atoms with van der Waals surface area (Å²) in [6, 6.07) is 20.0. The maximum absolute atomic E-state index is 14.8. The molecule has 0 radical (unpaired) electrons. The van der Waals surface area contributed by atoms with Crippen molar-refractivity contribution < 1.29 is 22.3 Å². The predicted octanol–water partition coefficient (Wildman–Crippen LogP) is 5.07. The van der Waals surface area contributed by atoms with Crippen molar-refractivity contribution in [2.24, 2.45) is 0 Å². The molecule has 5 rings (SSSR count). The van der Waals surface area contributed by atoms with Crippen molar-refractivity contribution in [3.05, 3.63) is 89.2 Å². The highest BCUT2D eigenvalue weighted by Crippen LogP contribution is 2.31. The van der Waals surface area contributed by atoms with Crippen molar-refractivity contribution in [1.82, 2.24) is 4.98 Å². The van der Waals surface area contributed by atoms with Crippen LogP contribution < -0.4 is 9.62 Å². The lowest BCUT2D eigenvalue weighted by Gasteiger charge is -2.28. The van der Waals surface area contributed by atoms with Crippen molar-refractivity contribution in [3.8, 4) is 11.3 Å². The van der Waals surface area contributed by atoms with E-state index >= 15 is 0 Å². The second-order valence-corrected chi connectivity index (χ2v) is 10.2. The third-order valence-corrected chi connectivity index (χ3v) is 7.45. The Morgan fingerprint density at radius 1 is 1.06 bits per heavy atom. The summed E-state index contributed by atoms with van der Waals surface area (Å²) >= 11 is 6.40. The number of nitrogens with zero attached hydrogens (tertiary/aromatic N) is 2. The van der Waals surface area contributed by atoms with Crippen LogP contribution in [0.5, 0.6) is 0 Å². The van der Waals surface area contributed by atoms with Crippen molar-refractivity contribution in [2.75, 3.05) is 28.7 Å². The molecule has 1 aliphatic heterocycles. The molecule has 178 valence electrons. The highest BCUT2D eigenvalue weighted by Gasteiger charge is 2.27. The minimum absolute atomic E-state index is 0.0731. The molecule has 0 aliphatic carbocycles. The number of ether oxygens (including phenoxy) is 1. The van der Waals surface area contributed by atoms with E-state index in [4.69, 9.17) is 16.3 Å². The zero-order chi connectivity index (χ0) is 24.6. The zero-order valence-electron chi connectivity index (χ0n) is 18.2. The lowest BCUT2D eigenvalue weighted by atomic mass is 10.1. The molecule has 7 nitrogen and oxygen atoms in total. The largest absolute Gasteiger partial charge is 0.362 e. The number of hydrogen-bond donors (Lipinski definition) is 1. The first kappa shape index (κ1) is 23.2. The lowest BCUT2D eigenvalue weighted by Crippen LogP contribution is -2.41. The summed E-state index contributed by atoms with van der Waals surface area (Å²) in [5.41, 5.74) is 2.37. The fourth-order valence-electron chi connectivity index (χ4n) is 3.86. The molecule has 2 heterocycles. The molecule has 1 amide bonds. The van der Waals surface area contributed by atoms with E-state index in [-0.39, 0.29) is 24.4 Å². The number of rotatable bonds is 4. The van der Waals surface area contributed by atoms with Gasteiger partial charge >= 0.3 is 0 Å². The Hall–Kier alpha value is -3.53. The maximum Gasteiger partial charge on any atom is 0.259 e. The normalized spacial score (nSPS) is 15.2. The van der Waals surface area contributed by atoms with Crippen LogP contribution >= 0.6 is 11.6 Å². The number of halogens is 2. The first-order valence-corrected chi connectivity index (χ1v) is 12.7. The fourth-order valence-corrected chi connectivity index (χ4v) is 5.32. The average Bonchev–Trinajstić information content (AvgIpc) is 2.84. The van der Waals surface area contributed by atoms with Crippen molar-refractivity contribution in [2.45, 2.75) is 0 Å². The van der Waals surface area contributed by atoms with Gasteiger partial charge in [0.1, 0.15) is 5.82 Å². The van der Waals surface area contributed by atoms with Gasteiger partial charge in [-0.15, -0.1) is 0 Å². The first-order chi connectivity index (χ1) is 16.8. The molecule has 0 unspecified atom stereocenters. The summed E-state index contributed by atoms with van der Waals surface area (Å²) in [4.78, 5) is 17.5. The van der Waals surface area contributed by atoms with Crippen LogP contribution in [-0.4, -0.2) is 38.4 Å². The number of sulfonamides is 1. The Morgan fingerprint density at radius 3 is 2.69 bits per heavy atom. The van der Waals surface area contributed by atoms with Crippen LogP contribution in [-0.2, 0) is 14.8 Å². The van der Waals surface area contributed by atoms with Gasteiger partial charge < -0.3 is 10.1 Å². The molecule has 1 fully saturated rings. The summed E-state index contributed by atoms with van der Waals surface area (Å²) in [5, 5.41) is 4.11. The summed E-state index contributed by atoms with van der Waals surface area (Å²) < 4.78 is 45.2. The smallest absolute Gasteiger partial charge is 0.259 e. The summed E-state index contributed by atoms with van der Waals surface area (Å²) in [6.45, 7) is 0.276. The van der Waals surface area contributed by atoms with Crippen LogP contribution in [0.25, 0.3) is 22.2 Å². The van der Waals surface area contributed by atoms with Crippen LogP contribution in [0.15, 0.2) is 72.8 Å². The molecular formula is C25H19ClFN3O4S. The Labute approximate surface area is 206 Å². The summed E-state index contributed by atoms with van der Waals surface area (Å²) in [6.07, 6.45) is 0. The van der Waals surface area contributed by atoms with Gasteiger partial charge in [0.05, 0.1) is 40.6 Å². The number of fused-ring (bicyclic) bond motifs is 1. The number of carbonyl (C=O) groups excluding carboxylic acids is 1. The van der Waals surface area contributed by atoms with Crippen LogP contribution in [0.4, 0.5) is 15.8 Å². The van der Waals surface area contributed by atoms with Crippen molar-refractivity contribution >= 4 is 49.8 Å². The fraction of sp³-hybridized carbons (Fsp3) is 0.120. The van der Waals surface area contributed by atoms with E-state index < -0.39 is 27.7 Å². The number of nitrogens with one attached hydrogen (secondary N) is 1. The van der Waals surface area contributed by atoms with E-state index in [0.717, 1.165) is 21.3 Å². The lowest BCUT2D eigenvalue weighted by molar-refractivity contribution is 0.102. The minimum atomic E-state index is -3.70. The molecule has 0 bridgehead atoms. The van der Waals surface area contributed by atoms with E-state index in [1.54, 1.807) is 18.2 Å². The zero-order valence-corrected chi connectivity index (χ0v) is 19.8. The molecule has 3 aromatic carbocycles. The van der Waals surface area contributed by atoms with Crippen LogP contribution in [0.3, 0.4) is 0 Å². The third kappa shape index (κ3) is 4.70. The second-order valence-electron chi connectivity index (χ2n) is 7.91. The number of benzene rings is 3. The summed E-state index contributed by atoms with van der Waals surface area (Å²) in [7, 11) is -3.70. The van der Waals surface area contributed by atoms with E-state index in [1.807, 2.05) is 36.4 Å². The Morgan fingerprint density at radius 2 is 1.89 bits per heavy atom. The third-order valence-electron chi connectivity index (χ3n) is 5.59. The van der Waals surface area contributed by atoms with Crippen molar-refractivity contribution in [3.63, 3.8) is 0 Å². The summed E-state index contributed by atoms with van der Waals surface area (Å²) in [5.74, 6) is -1.99. The Kier molecular flexibility index (Phi) is 6.14. The van der Waals surface area contributed by atoms with E-state index in [0.29, 0.717) is 22.0 Å².